The van der Waals surface area contributed by atoms with Crippen molar-refractivity contribution in [3.05, 3.63) is 41.5 Å². The van der Waals surface area contributed by atoms with E-state index in [0.717, 1.165) is 35.5 Å². The molecule has 27 heavy (non-hydrogen) atoms. The number of hydrogen-bond acceptors (Lipinski definition) is 3. The molecule has 0 heterocycles. The fraction of sp³-hybridized carbons (Fsp3) is 0.583. The molecule has 3 rings (SSSR count). The van der Waals surface area contributed by atoms with Gasteiger partial charge in [-0.05, 0) is 84.9 Å². The first-order valence-electron chi connectivity index (χ1n) is 10.2. The van der Waals surface area contributed by atoms with Gasteiger partial charge in [-0.2, -0.15) is 0 Å². The monoisotopic (exact) mass is 369 g/mol. The second-order valence-electron chi connectivity index (χ2n) is 9.66. The molecule has 0 bridgehead atoms. The van der Waals surface area contributed by atoms with E-state index in [-0.39, 0.29) is 6.61 Å². The Labute approximate surface area is 163 Å². The summed E-state index contributed by atoms with van der Waals surface area (Å²) in [6, 6.07) is 10.4. The molecule has 2 aromatic rings. The summed E-state index contributed by atoms with van der Waals surface area (Å²) in [6.45, 7) is 11.0. The van der Waals surface area contributed by atoms with Crippen molar-refractivity contribution in [2.75, 3.05) is 6.61 Å². The molecular formula is C24H35NO2. The molecule has 1 atom stereocenters. The largest absolute Gasteiger partial charge is 0.490 e. The van der Waals surface area contributed by atoms with Gasteiger partial charge >= 0.3 is 0 Å². The molecule has 1 aliphatic rings. The molecule has 0 amide bonds. The van der Waals surface area contributed by atoms with Crippen LogP contribution in [0.3, 0.4) is 0 Å². The van der Waals surface area contributed by atoms with Crippen molar-refractivity contribution >= 4 is 10.8 Å². The van der Waals surface area contributed by atoms with Gasteiger partial charge in [-0.1, -0.05) is 39.0 Å². The summed E-state index contributed by atoms with van der Waals surface area (Å²) in [7, 11) is 0. The second-order valence-corrected chi connectivity index (χ2v) is 9.66. The van der Waals surface area contributed by atoms with Gasteiger partial charge in [-0.25, -0.2) is 0 Å². The van der Waals surface area contributed by atoms with Gasteiger partial charge in [0.1, 0.15) is 5.75 Å². The van der Waals surface area contributed by atoms with E-state index in [4.69, 9.17) is 10.5 Å². The highest BCUT2D eigenvalue weighted by atomic mass is 16.5. The highest BCUT2D eigenvalue weighted by molar-refractivity contribution is 5.88. The summed E-state index contributed by atoms with van der Waals surface area (Å²) < 4.78 is 6.41. The summed E-state index contributed by atoms with van der Waals surface area (Å²) in [4.78, 5) is 0. The number of aryl methyl sites for hydroxylation is 1. The van der Waals surface area contributed by atoms with Crippen LogP contribution in [0.4, 0.5) is 0 Å². The van der Waals surface area contributed by atoms with Crippen LogP contribution in [-0.4, -0.2) is 17.8 Å². The van der Waals surface area contributed by atoms with E-state index in [1.165, 1.54) is 23.8 Å². The van der Waals surface area contributed by atoms with Crippen LogP contribution in [-0.2, 0) is 5.54 Å². The van der Waals surface area contributed by atoms with Crippen LogP contribution in [0.5, 0.6) is 5.75 Å². The minimum absolute atomic E-state index is 0.0735. The summed E-state index contributed by atoms with van der Waals surface area (Å²) >= 11 is 0. The van der Waals surface area contributed by atoms with Gasteiger partial charge in [0.05, 0.1) is 18.2 Å². The number of hydrogen-bond donors (Lipinski definition) is 2. The van der Waals surface area contributed by atoms with Crippen molar-refractivity contribution < 1.29 is 9.84 Å². The third kappa shape index (κ3) is 4.30. The molecule has 0 aliphatic heterocycles. The van der Waals surface area contributed by atoms with Crippen molar-refractivity contribution in [2.45, 2.75) is 71.9 Å². The van der Waals surface area contributed by atoms with Crippen molar-refractivity contribution in [3.63, 3.8) is 0 Å². The Morgan fingerprint density at radius 3 is 2.30 bits per heavy atom. The van der Waals surface area contributed by atoms with Crippen LogP contribution in [0, 0.1) is 18.3 Å². The SMILES string of the molecule is Cc1c(O[C@H]2CC[C@H](C(C)(C)C)CC2)ccc2cc([C@@](C)(N)CO)ccc12. The molecule has 1 aliphatic carbocycles. The lowest BCUT2D eigenvalue weighted by atomic mass is 9.72. The lowest BCUT2D eigenvalue weighted by molar-refractivity contribution is 0.0878. The van der Waals surface area contributed by atoms with E-state index < -0.39 is 5.54 Å². The Morgan fingerprint density at radius 1 is 1.04 bits per heavy atom. The molecule has 1 fully saturated rings. The standard InChI is InChI=1S/C24H35NO2/c1-16-21-12-9-19(24(5,25)15-26)14-17(21)6-13-22(16)27-20-10-7-18(8-11-20)23(2,3)4/h6,9,12-14,18,20,26H,7-8,10-11,15,25H2,1-5H3/t18-,20-,24-/m0/s1. The van der Waals surface area contributed by atoms with Crippen LogP contribution in [0.1, 0.15) is 64.5 Å². The van der Waals surface area contributed by atoms with Crippen LogP contribution in [0.2, 0.25) is 0 Å². The molecular weight excluding hydrogens is 334 g/mol. The molecule has 3 nitrogen and oxygen atoms in total. The van der Waals surface area contributed by atoms with Gasteiger partial charge in [0.2, 0.25) is 0 Å². The van der Waals surface area contributed by atoms with Gasteiger partial charge < -0.3 is 15.6 Å². The summed E-state index contributed by atoms with van der Waals surface area (Å²) in [5.74, 6) is 1.79. The summed E-state index contributed by atoms with van der Waals surface area (Å²) in [5.41, 5.74) is 7.99. The fourth-order valence-corrected chi connectivity index (χ4v) is 4.27. The van der Waals surface area contributed by atoms with Gasteiger partial charge in [0, 0.05) is 0 Å². The van der Waals surface area contributed by atoms with Crippen LogP contribution >= 0.6 is 0 Å². The number of fused-ring (bicyclic) bond motifs is 1. The molecule has 0 spiro atoms. The van der Waals surface area contributed by atoms with Gasteiger partial charge in [-0.3, -0.25) is 0 Å². The molecule has 3 N–H and O–H groups in total. The second kappa shape index (κ2) is 7.44. The van der Waals surface area contributed by atoms with Gasteiger partial charge in [-0.15, -0.1) is 0 Å². The van der Waals surface area contributed by atoms with E-state index in [0.29, 0.717) is 11.5 Å². The quantitative estimate of drug-likeness (QED) is 0.769. The lowest BCUT2D eigenvalue weighted by Crippen LogP contribution is -2.36. The first-order valence-corrected chi connectivity index (χ1v) is 10.2. The average Bonchev–Trinajstić information content (AvgIpc) is 2.63. The topological polar surface area (TPSA) is 55.5 Å². The minimum Gasteiger partial charge on any atom is -0.490 e. The Morgan fingerprint density at radius 2 is 1.70 bits per heavy atom. The number of nitrogens with two attached hydrogens (primary N) is 1. The molecule has 0 unspecified atom stereocenters. The van der Waals surface area contributed by atoms with Crippen LogP contribution in [0.15, 0.2) is 30.3 Å². The Kier molecular flexibility index (Phi) is 5.56. The highest BCUT2D eigenvalue weighted by Crippen LogP contribution is 2.39. The van der Waals surface area contributed by atoms with Crippen LogP contribution in [0.25, 0.3) is 10.8 Å². The van der Waals surface area contributed by atoms with Crippen molar-refractivity contribution in [1.29, 1.82) is 0 Å². The van der Waals surface area contributed by atoms with Gasteiger partial charge in [0.25, 0.3) is 0 Å². The number of benzene rings is 2. The number of rotatable bonds is 4. The van der Waals surface area contributed by atoms with Crippen molar-refractivity contribution in [2.24, 2.45) is 17.1 Å². The summed E-state index contributed by atoms with van der Waals surface area (Å²) in [6.07, 6.45) is 5.10. The number of aliphatic hydroxyl groups excluding tert-OH is 1. The average molecular weight is 370 g/mol. The van der Waals surface area contributed by atoms with E-state index in [1.807, 2.05) is 13.0 Å². The van der Waals surface area contributed by atoms with E-state index in [9.17, 15) is 5.11 Å². The maximum absolute atomic E-state index is 9.52. The minimum atomic E-state index is -0.719. The van der Waals surface area contributed by atoms with Gasteiger partial charge in [0.15, 0.2) is 0 Å². The Balaban J connectivity index is 1.77. The fourth-order valence-electron chi connectivity index (χ4n) is 4.27. The van der Waals surface area contributed by atoms with Crippen LogP contribution < -0.4 is 10.5 Å². The number of ether oxygens (including phenoxy) is 1. The van der Waals surface area contributed by atoms with E-state index in [2.05, 4.69) is 52.0 Å². The summed E-state index contributed by atoms with van der Waals surface area (Å²) in [5, 5.41) is 11.9. The molecule has 1 saturated carbocycles. The normalized spacial score (nSPS) is 23.2. The maximum Gasteiger partial charge on any atom is 0.123 e. The molecule has 0 saturated heterocycles. The highest BCUT2D eigenvalue weighted by Gasteiger charge is 2.30. The Bertz CT molecular complexity index is 796. The predicted octanol–water partition coefficient (Wildman–Crippen LogP) is 5.30. The molecule has 3 heteroatoms. The zero-order chi connectivity index (χ0) is 19.8. The van der Waals surface area contributed by atoms with Crippen molar-refractivity contribution in [1.82, 2.24) is 0 Å². The maximum atomic E-state index is 9.52. The number of aliphatic hydroxyl groups is 1. The van der Waals surface area contributed by atoms with E-state index in [1.54, 1.807) is 0 Å². The van der Waals surface area contributed by atoms with E-state index >= 15 is 0 Å². The zero-order valence-corrected chi connectivity index (χ0v) is 17.5. The third-order valence-electron chi connectivity index (χ3n) is 6.42. The molecule has 0 aromatic heterocycles. The first-order chi connectivity index (χ1) is 12.6. The molecule has 2 aromatic carbocycles. The molecule has 0 radical (unpaired) electrons. The zero-order valence-electron chi connectivity index (χ0n) is 17.5. The van der Waals surface area contributed by atoms with Crippen molar-refractivity contribution in [3.8, 4) is 5.75 Å². The lowest BCUT2D eigenvalue weighted by Gasteiger charge is -2.37. The smallest absolute Gasteiger partial charge is 0.123 e. The third-order valence-corrected chi connectivity index (χ3v) is 6.42. The first kappa shape index (κ1) is 20.2. The predicted molar refractivity (Wildman–Crippen MR) is 113 cm³/mol. The Hall–Kier alpha value is -1.58. The molecule has 148 valence electrons.